The summed E-state index contributed by atoms with van der Waals surface area (Å²) in [7, 11) is 0. The zero-order chi connectivity index (χ0) is 14.5. The molecule has 1 aromatic rings. The Labute approximate surface area is 118 Å². The summed E-state index contributed by atoms with van der Waals surface area (Å²) in [5, 5.41) is 0. The van der Waals surface area contributed by atoms with Gasteiger partial charge in [-0.15, -0.1) is 23.2 Å². The van der Waals surface area contributed by atoms with Gasteiger partial charge in [0.05, 0.1) is 6.61 Å². The fraction of sp³-hybridized carbons (Fsp3) is 0.500. The summed E-state index contributed by atoms with van der Waals surface area (Å²) in [4.78, 5) is 0. The zero-order valence-electron chi connectivity index (χ0n) is 9.81. The molecule has 0 spiro atoms. The first-order valence-electron chi connectivity index (χ1n) is 5.35. The lowest BCUT2D eigenvalue weighted by atomic mass is 9.85. The normalized spacial score (nSPS) is 12.7. The van der Waals surface area contributed by atoms with E-state index < -0.39 is 24.0 Å². The van der Waals surface area contributed by atoms with Gasteiger partial charge in [0.15, 0.2) is 0 Å². The first-order chi connectivity index (χ1) is 8.83. The molecule has 0 unspecified atom stereocenters. The fourth-order valence-electron chi connectivity index (χ4n) is 1.53. The Hall–Kier alpha value is -0.520. The van der Waals surface area contributed by atoms with Crippen LogP contribution in [0.3, 0.4) is 0 Å². The van der Waals surface area contributed by atoms with Crippen molar-refractivity contribution in [3.05, 3.63) is 35.6 Å². The van der Waals surface area contributed by atoms with Gasteiger partial charge in [0.2, 0.25) is 0 Å². The van der Waals surface area contributed by atoms with Gasteiger partial charge in [-0.2, -0.15) is 13.2 Å². The highest BCUT2D eigenvalue weighted by Crippen LogP contribution is 2.29. The molecule has 0 atom stereocenters. The second kappa shape index (κ2) is 6.77. The van der Waals surface area contributed by atoms with Gasteiger partial charge in [0.25, 0.3) is 0 Å². The molecular formula is C12H12Cl2F4O. The highest BCUT2D eigenvalue weighted by atomic mass is 35.5. The third kappa shape index (κ3) is 4.82. The van der Waals surface area contributed by atoms with Gasteiger partial charge in [-0.1, -0.05) is 12.1 Å². The van der Waals surface area contributed by atoms with Gasteiger partial charge < -0.3 is 4.74 Å². The lowest BCUT2D eigenvalue weighted by molar-refractivity contribution is -0.176. The molecule has 108 valence electrons. The second-order valence-corrected chi connectivity index (χ2v) is 4.70. The number of hydrogen-bond acceptors (Lipinski definition) is 1. The van der Waals surface area contributed by atoms with Crippen LogP contribution in [0.4, 0.5) is 17.6 Å². The third-order valence-corrected chi connectivity index (χ3v) is 3.62. The van der Waals surface area contributed by atoms with Gasteiger partial charge in [-0.05, 0) is 17.7 Å². The van der Waals surface area contributed by atoms with Crippen LogP contribution in [-0.2, 0) is 10.2 Å². The Morgan fingerprint density at radius 2 is 1.68 bits per heavy atom. The van der Waals surface area contributed by atoms with E-state index >= 15 is 0 Å². The van der Waals surface area contributed by atoms with Gasteiger partial charge in [-0.25, -0.2) is 4.39 Å². The van der Waals surface area contributed by atoms with Gasteiger partial charge >= 0.3 is 6.18 Å². The molecule has 1 nitrogen and oxygen atoms in total. The largest absolute Gasteiger partial charge is 0.411 e. The van der Waals surface area contributed by atoms with Crippen LogP contribution < -0.4 is 0 Å². The van der Waals surface area contributed by atoms with Crippen molar-refractivity contribution in [3.63, 3.8) is 0 Å². The Bertz CT molecular complexity index is 405. The molecule has 0 aliphatic carbocycles. The Balaban J connectivity index is 2.85. The van der Waals surface area contributed by atoms with Crippen molar-refractivity contribution in [2.45, 2.75) is 11.6 Å². The number of benzene rings is 1. The lowest BCUT2D eigenvalue weighted by Crippen LogP contribution is -2.37. The quantitative estimate of drug-likeness (QED) is 0.566. The summed E-state index contributed by atoms with van der Waals surface area (Å²) in [5.74, 6) is -0.650. The molecule has 1 rings (SSSR count). The molecule has 0 aliphatic heterocycles. The van der Waals surface area contributed by atoms with E-state index in [1.54, 1.807) is 6.07 Å². The van der Waals surface area contributed by atoms with E-state index in [0.29, 0.717) is 5.56 Å². The molecule has 0 aromatic heterocycles. The highest BCUT2D eigenvalue weighted by molar-refractivity contribution is 6.22. The first kappa shape index (κ1) is 16.5. The van der Waals surface area contributed by atoms with E-state index in [1.165, 1.54) is 18.2 Å². The van der Waals surface area contributed by atoms with Crippen LogP contribution in [0.2, 0.25) is 0 Å². The lowest BCUT2D eigenvalue weighted by Gasteiger charge is -2.30. The number of rotatable bonds is 6. The molecule has 0 amide bonds. The molecule has 0 saturated heterocycles. The molecule has 19 heavy (non-hydrogen) atoms. The van der Waals surface area contributed by atoms with Crippen molar-refractivity contribution < 1.29 is 22.3 Å². The number of halogens is 6. The molecule has 0 N–H and O–H groups in total. The van der Waals surface area contributed by atoms with E-state index in [9.17, 15) is 17.6 Å². The van der Waals surface area contributed by atoms with E-state index in [0.717, 1.165) is 0 Å². The average molecular weight is 319 g/mol. The summed E-state index contributed by atoms with van der Waals surface area (Å²) in [5.41, 5.74) is -0.629. The number of hydrogen-bond donors (Lipinski definition) is 0. The molecule has 0 saturated carbocycles. The van der Waals surface area contributed by atoms with Crippen molar-refractivity contribution in [1.82, 2.24) is 0 Å². The summed E-state index contributed by atoms with van der Waals surface area (Å²) in [6.07, 6.45) is -4.42. The smallest absolute Gasteiger partial charge is 0.371 e. The van der Waals surface area contributed by atoms with Crippen LogP contribution in [0.5, 0.6) is 0 Å². The summed E-state index contributed by atoms with van der Waals surface area (Å²) in [6.45, 7) is -1.72. The van der Waals surface area contributed by atoms with Crippen LogP contribution in [0.15, 0.2) is 24.3 Å². The van der Waals surface area contributed by atoms with Crippen molar-refractivity contribution in [2.24, 2.45) is 0 Å². The molecule has 0 heterocycles. The van der Waals surface area contributed by atoms with Crippen molar-refractivity contribution >= 4 is 23.2 Å². The van der Waals surface area contributed by atoms with Crippen LogP contribution in [0.25, 0.3) is 0 Å². The number of ether oxygens (including phenoxy) is 1. The zero-order valence-corrected chi connectivity index (χ0v) is 11.3. The molecule has 0 radical (unpaired) electrons. The first-order valence-corrected chi connectivity index (χ1v) is 6.42. The monoisotopic (exact) mass is 318 g/mol. The van der Waals surface area contributed by atoms with E-state index in [4.69, 9.17) is 23.2 Å². The van der Waals surface area contributed by atoms with Gasteiger partial charge in [0.1, 0.15) is 12.4 Å². The van der Waals surface area contributed by atoms with E-state index in [2.05, 4.69) is 4.74 Å². The summed E-state index contributed by atoms with van der Waals surface area (Å²) < 4.78 is 54.0. The van der Waals surface area contributed by atoms with Crippen LogP contribution >= 0.6 is 23.2 Å². The predicted octanol–water partition coefficient (Wildman–Crippen LogP) is 4.12. The predicted molar refractivity (Wildman–Crippen MR) is 66.4 cm³/mol. The number of alkyl halides is 5. The molecular weight excluding hydrogens is 307 g/mol. The average Bonchev–Trinajstić information content (AvgIpc) is 2.34. The van der Waals surface area contributed by atoms with Crippen molar-refractivity contribution in [1.29, 1.82) is 0 Å². The maximum Gasteiger partial charge on any atom is 0.411 e. The van der Waals surface area contributed by atoms with Crippen LogP contribution in [0.1, 0.15) is 5.56 Å². The maximum absolute atomic E-state index is 13.2. The molecule has 0 fully saturated rings. The Morgan fingerprint density at radius 3 is 2.16 bits per heavy atom. The molecule has 0 bridgehead atoms. The van der Waals surface area contributed by atoms with E-state index in [-0.39, 0.29) is 18.4 Å². The maximum atomic E-state index is 13.2. The Kier molecular flexibility index (Phi) is 5.89. The minimum atomic E-state index is -4.42. The van der Waals surface area contributed by atoms with Gasteiger partial charge in [0, 0.05) is 17.2 Å². The summed E-state index contributed by atoms with van der Waals surface area (Å²) >= 11 is 11.6. The summed E-state index contributed by atoms with van der Waals surface area (Å²) in [6, 6.07) is 5.43. The SMILES string of the molecule is Fc1cccc(C(CCl)(CCl)COCC(F)(F)F)c1. The van der Waals surface area contributed by atoms with Crippen LogP contribution in [0, 0.1) is 5.82 Å². The van der Waals surface area contributed by atoms with Crippen LogP contribution in [-0.4, -0.2) is 31.2 Å². The van der Waals surface area contributed by atoms with E-state index in [1.807, 2.05) is 0 Å². The minimum absolute atomic E-state index is 0.0716. The Morgan fingerprint density at radius 1 is 1.05 bits per heavy atom. The second-order valence-electron chi connectivity index (χ2n) is 4.17. The molecule has 0 aliphatic rings. The molecule has 1 aromatic carbocycles. The minimum Gasteiger partial charge on any atom is -0.371 e. The molecule has 7 heteroatoms. The van der Waals surface area contributed by atoms with Crippen molar-refractivity contribution in [2.75, 3.05) is 25.0 Å². The highest BCUT2D eigenvalue weighted by Gasteiger charge is 2.34. The van der Waals surface area contributed by atoms with Crippen molar-refractivity contribution in [3.8, 4) is 0 Å². The topological polar surface area (TPSA) is 9.23 Å². The standard InChI is InChI=1S/C12H12Cl2F4O/c13-5-11(6-14,7-19-8-12(16,17)18)9-2-1-3-10(15)4-9/h1-4H,5-8H2. The van der Waals surface area contributed by atoms with Gasteiger partial charge in [-0.3, -0.25) is 0 Å². The fourth-order valence-corrected chi connectivity index (χ4v) is 2.28. The third-order valence-electron chi connectivity index (χ3n) is 2.59.